The first-order valence-corrected chi connectivity index (χ1v) is 5.78. The predicted octanol–water partition coefficient (Wildman–Crippen LogP) is 1.46. The van der Waals surface area contributed by atoms with Crippen LogP contribution in [0.1, 0.15) is 17.0 Å². The lowest BCUT2D eigenvalue weighted by Crippen LogP contribution is -2.04. The van der Waals surface area contributed by atoms with Crippen LogP contribution in [-0.2, 0) is 13.2 Å². The highest BCUT2D eigenvalue weighted by Crippen LogP contribution is 2.32. The third kappa shape index (κ3) is 1.82. The summed E-state index contributed by atoms with van der Waals surface area (Å²) in [7, 11) is 0. The number of aryl methyl sites for hydroxylation is 1. The molecular formula is C13H14N2O3. The molecule has 1 aromatic heterocycles. The predicted molar refractivity (Wildman–Crippen MR) is 64.6 cm³/mol. The number of benzene rings is 1. The van der Waals surface area contributed by atoms with Gasteiger partial charge in [-0.1, -0.05) is 6.07 Å². The molecule has 2 heterocycles. The summed E-state index contributed by atoms with van der Waals surface area (Å²) in [6, 6.07) is 5.85. The lowest BCUT2D eigenvalue weighted by Gasteiger charge is -2.07. The van der Waals surface area contributed by atoms with Crippen molar-refractivity contribution in [2.24, 2.45) is 0 Å². The number of nitrogens with zero attached hydrogens (tertiary/aromatic N) is 2. The Balaban J connectivity index is 1.88. The van der Waals surface area contributed by atoms with Gasteiger partial charge in [-0.05, 0) is 24.6 Å². The number of hydrogen-bond donors (Lipinski definition) is 1. The smallest absolute Gasteiger partial charge is 0.231 e. The van der Waals surface area contributed by atoms with E-state index in [-0.39, 0.29) is 13.4 Å². The number of fused-ring (bicyclic) bond motifs is 1. The fourth-order valence-corrected chi connectivity index (χ4v) is 2.09. The minimum absolute atomic E-state index is 0.00359. The van der Waals surface area contributed by atoms with Crippen molar-refractivity contribution in [3.8, 4) is 11.5 Å². The fourth-order valence-electron chi connectivity index (χ4n) is 2.09. The molecule has 94 valence electrons. The molecule has 1 aliphatic rings. The highest BCUT2D eigenvalue weighted by molar-refractivity contribution is 5.44. The Labute approximate surface area is 105 Å². The minimum atomic E-state index is -0.00359. The molecule has 0 saturated carbocycles. The Bertz CT molecular complexity index is 578. The van der Waals surface area contributed by atoms with E-state index >= 15 is 0 Å². The summed E-state index contributed by atoms with van der Waals surface area (Å²) >= 11 is 0. The molecule has 3 rings (SSSR count). The van der Waals surface area contributed by atoms with Crippen LogP contribution in [0.5, 0.6) is 11.5 Å². The Kier molecular flexibility index (Phi) is 2.68. The summed E-state index contributed by atoms with van der Waals surface area (Å²) in [5.74, 6) is 1.55. The van der Waals surface area contributed by atoms with Crippen LogP contribution in [0.15, 0.2) is 24.5 Å². The van der Waals surface area contributed by atoms with Gasteiger partial charge in [0.15, 0.2) is 11.5 Å². The highest BCUT2D eigenvalue weighted by Gasteiger charge is 2.14. The van der Waals surface area contributed by atoms with E-state index in [1.54, 1.807) is 6.33 Å². The third-order valence-corrected chi connectivity index (χ3v) is 3.09. The Morgan fingerprint density at radius 3 is 3.00 bits per heavy atom. The second-order valence-corrected chi connectivity index (χ2v) is 4.25. The van der Waals surface area contributed by atoms with E-state index < -0.39 is 0 Å². The van der Waals surface area contributed by atoms with E-state index in [1.165, 1.54) is 0 Å². The normalized spacial score (nSPS) is 13.0. The van der Waals surface area contributed by atoms with Crippen molar-refractivity contribution >= 4 is 0 Å². The molecule has 0 aliphatic carbocycles. The van der Waals surface area contributed by atoms with Crippen LogP contribution in [0.3, 0.4) is 0 Å². The van der Waals surface area contributed by atoms with E-state index in [4.69, 9.17) is 9.47 Å². The first-order chi connectivity index (χ1) is 8.78. The molecule has 18 heavy (non-hydrogen) atoms. The first kappa shape index (κ1) is 11.1. The third-order valence-electron chi connectivity index (χ3n) is 3.09. The van der Waals surface area contributed by atoms with Crippen molar-refractivity contribution in [3.63, 3.8) is 0 Å². The number of rotatable bonds is 3. The summed E-state index contributed by atoms with van der Waals surface area (Å²) in [6.07, 6.45) is 1.74. The molecule has 1 aromatic carbocycles. The summed E-state index contributed by atoms with van der Waals surface area (Å²) < 4.78 is 12.6. The van der Waals surface area contributed by atoms with Gasteiger partial charge in [0.05, 0.1) is 24.3 Å². The number of imidazole rings is 1. The lowest BCUT2D eigenvalue weighted by atomic mass is 10.2. The van der Waals surface area contributed by atoms with E-state index in [1.807, 2.05) is 29.7 Å². The van der Waals surface area contributed by atoms with Crippen molar-refractivity contribution < 1.29 is 14.6 Å². The number of ether oxygens (including phenoxy) is 2. The first-order valence-electron chi connectivity index (χ1n) is 5.78. The van der Waals surface area contributed by atoms with Crippen LogP contribution in [0.2, 0.25) is 0 Å². The van der Waals surface area contributed by atoms with Crippen LogP contribution >= 0.6 is 0 Å². The molecule has 0 amide bonds. The van der Waals surface area contributed by atoms with Gasteiger partial charge in [-0.15, -0.1) is 0 Å². The van der Waals surface area contributed by atoms with E-state index in [0.717, 1.165) is 28.5 Å². The standard InChI is InChI=1S/C13H14N2O3/c1-9-11(6-16)15(7-14-9)5-10-2-3-12-13(4-10)18-8-17-12/h2-4,7,16H,5-6,8H2,1H3. The molecule has 0 unspecified atom stereocenters. The Morgan fingerprint density at radius 2 is 2.17 bits per heavy atom. The lowest BCUT2D eigenvalue weighted by molar-refractivity contribution is 0.174. The van der Waals surface area contributed by atoms with Crippen LogP contribution in [0.25, 0.3) is 0 Å². The minimum Gasteiger partial charge on any atom is -0.454 e. The number of aromatic nitrogens is 2. The molecule has 0 saturated heterocycles. The topological polar surface area (TPSA) is 56.5 Å². The number of aliphatic hydroxyl groups excluding tert-OH is 1. The molecule has 0 fully saturated rings. The molecule has 0 spiro atoms. The van der Waals surface area contributed by atoms with Gasteiger partial charge in [0, 0.05) is 6.54 Å². The van der Waals surface area contributed by atoms with Gasteiger partial charge in [0.1, 0.15) is 0 Å². The zero-order chi connectivity index (χ0) is 12.5. The van der Waals surface area contributed by atoms with Crippen LogP contribution in [0.4, 0.5) is 0 Å². The molecule has 0 bridgehead atoms. The van der Waals surface area contributed by atoms with Crippen molar-refractivity contribution in [3.05, 3.63) is 41.5 Å². The zero-order valence-corrected chi connectivity index (χ0v) is 10.1. The van der Waals surface area contributed by atoms with Crippen molar-refractivity contribution in [1.29, 1.82) is 0 Å². The Hall–Kier alpha value is -2.01. The largest absolute Gasteiger partial charge is 0.454 e. The van der Waals surface area contributed by atoms with Gasteiger partial charge in [-0.25, -0.2) is 4.98 Å². The maximum Gasteiger partial charge on any atom is 0.231 e. The van der Waals surface area contributed by atoms with E-state index in [9.17, 15) is 5.11 Å². The molecule has 5 nitrogen and oxygen atoms in total. The van der Waals surface area contributed by atoms with Crippen LogP contribution < -0.4 is 9.47 Å². The summed E-state index contributed by atoms with van der Waals surface area (Å²) in [5.41, 5.74) is 2.79. The molecule has 0 radical (unpaired) electrons. The van der Waals surface area contributed by atoms with E-state index in [0.29, 0.717) is 6.54 Å². The van der Waals surface area contributed by atoms with Crippen molar-refractivity contribution in [1.82, 2.24) is 9.55 Å². The van der Waals surface area contributed by atoms with E-state index in [2.05, 4.69) is 4.98 Å². The molecule has 1 aliphatic heterocycles. The van der Waals surface area contributed by atoms with Gasteiger partial charge >= 0.3 is 0 Å². The van der Waals surface area contributed by atoms with Gasteiger partial charge in [-0.3, -0.25) is 0 Å². The summed E-state index contributed by atoms with van der Waals surface area (Å²) in [5, 5.41) is 9.32. The maximum absolute atomic E-state index is 9.32. The second-order valence-electron chi connectivity index (χ2n) is 4.25. The number of hydrogen-bond acceptors (Lipinski definition) is 4. The molecule has 2 aromatic rings. The SMILES string of the molecule is Cc1ncn(Cc2ccc3c(c2)OCO3)c1CO. The molecule has 5 heteroatoms. The van der Waals surface area contributed by atoms with Gasteiger partial charge in [0.2, 0.25) is 6.79 Å². The second kappa shape index (κ2) is 4.34. The zero-order valence-electron chi connectivity index (χ0n) is 10.1. The van der Waals surface area contributed by atoms with Crippen LogP contribution in [-0.4, -0.2) is 21.5 Å². The molecule has 0 atom stereocenters. The maximum atomic E-state index is 9.32. The average Bonchev–Trinajstić information content (AvgIpc) is 2.96. The van der Waals surface area contributed by atoms with Crippen molar-refractivity contribution in [2.75, 3.05) is 6.79 Å². The van der Waals surface area contributed by atoms with Gasteiger partial charge < -0.3 is 19.1 Å². The van der Waals surface area contributed by atoms with Crippen LogP contribution in [0, 0.1) is 6.92 Å². The molecular weight excluding hydrogens is 232 g/mol. The highest BCUT2D eigenvalue weighted by atomic mass is 16.7. The average molecular weight is 246 g/mol. The van der Waals surface area contributed by atoms with Gasteiger partial charge in [0.25, 0.3) is 0 Å². The monoisotopic (exact) mass is 246 g/mol. The van der Waals surface area contributed by atoms with Gasteiger partial charge in [-0.2, -0.15) is 0 Å². The van der Waals surface area contributed by atoms with Crippen molar-refractivity contribution in [2.45, 2.75) is 20.1 Å². The number of aliphatic hydroxyl groups is 1. The molecule has 1 N–H and O–H groups in total. The summed E-state index contributed by atoms with van der Waals surface area (Å²) in [6.45, 7) is 2.83. The quantitative estimate of drug-likeness (QED) is 0.890. The fraction of sp³-hybridized carbons (Fsp3) is 0.308. The summed E-state index contributed by atoms with van der Waals surface area (Å²) in [4.78, 5) is 4.20. The Morgan fingerprint density at radius 1 is 1.33 bits per heavy atom.